The lowest BCUT2D eigenvalue weighted by molar-refractivity contribution is -0.884. The lowest BCUT2D eigenvalue weighted by Crippen LogP contribution is -3.10. The quantitative estimate of drug-likeness (QED) is 0.807. The SMILES string of the molecule is CCOC(=O)c1cnc2c(C(F)(F)F)cccc2c1N(C)C1CC[NH+](C)CC1. The van der Waals surface area contributed by atoms with Crippen LogP contribution in [0.3, 0.4) is 0 Å². The van der Waals surface area contributed by atoms with Gasteiger partial charge in [-0.2, -0.15) is 13.2 Å². The van der Waals surface area contributed by atoms with Gasteiger partial charge < -0.3 is 14.5 Å². The van der Waals surface area contributed by atoms with E-state index in [-0.39, 0.29) is 23.7 Å². The molecule has 0 bridgehead atoms. The van der Waals surface area contributed by atoms with Crippen molar-refractivity contribution in [3.63, 3.8) is 0 Å². The first-order chi connectivity index (χ1) is 13.2. The third-order valence-electron chi connectivity index (χ3n) is 5.38. The number of para-hydroxylation sites is 1. The van der Waals surface area contributed by atoms with E-state index in [1.54, 1.807) is 13.0 Å². The van der Waals surface area contributed by atoms with Crippen LogP contribution in [0.25, 0.3) is 10.9 Å². The first-order valence-electron chi connectivity index (χ1n) is 9.44. The molecule has 5 nitrogen and oxygen atoms in total. The van der Waals surface area contributed by atoms with Gasteiger partial charge in [0.15, 0.2) is 0 Å². The molecule has 1 fully saturated rings. The Hall–Kier alpha value is -2.35. The fourth-order valence-corrected chi connectivity index (χ4v) is 3.84. The van der Waals surface area contributed by atoms with Crippen LogP contribution >= 0.6 is 0 Å². The van der Waals surface area contributed by atoms with E-state index in [4.69, 9.17) is 4.74 Å². The third-order valence-corrected chi connectivity index (χ3v) is 5.38. The number of halogens is 3. The Bertz CT molecular complexity index is 862. The number of piperidine rings is 1. The van der Waals surface area contributed by atoms with E-state index in [1.165, 1.54) is 17.2 Å². The zero-order valence-electron chi connectivity index (χ0n) is 16.3. The molecule has 2 heterocycles. The van der Waals surface area contributed by atoms with Crippen molar-refractivity contribution in [2.24, 2.45) is 0 Å². The number of hydrogen-bond acceptors (Lipinski definition) is 4. The van der Waals surface area contributed by atoms with Gasteiger partial charge in [-0.15, -0.1) is 0 Å². The molecule has 1 aromatic carbocycles. The van der Waals surface area contributed by atoms with Crippen LogP contribution < -0.4 is 9.80 Å². The summed E-state index contributed by atoms with van der Waals surface area (Å²) in [6.07, 6.45) is -1.52. The second-order valence-electron chi connectivity index (χ2n) is 7.24. The van der Waals surface area contributed by atoms with Crippen molar-refractivity contribution >= 4 is 22.6 Å². The van der Waals surface area contributed by atoms with Gasteiger partial charge >= 0.3 is 12.1 Å². The van der Waals surface area contributed by atoms with Crippen LogP contribution in [0.1, 0.15) is 35.7 Å². The van der Waals surface area contributed by atoms with Crippen LogP contribution in [0.4, 0.5) is 18.9 Å². The van der Waals surface area contributed by atoms with Crippen molar-refractivity contribution in [3.05, 3.63) is 35.5 Å². The van der Waals surface area contributed by atoms with E-state index in [0.29, 0.717) is 11.1 Å². The zero-order valence-corrected chi connectivity index (χ0v) is 16.3. The zero-order chi connectivity index (χ0) is 20.5. The summed E-state index contributed by atoms with van der Waals surface area (Å²) in [5.41, 5.74) is -0.298. The van der Waals surface area contributed by atoms with Crippen molar-refractivity contribution in [1.29, 1.82) is 0 Å². The number of pyridine rings is 1. The number of benzene rings is 1. The molecule has 0 saturated carbocycles. The van der Waals surface area contributed by atoms with Gasteiger partial charge in [-0.3, -0.25) is 4.98 Å². The molecule has 28 heavy (non-hydrogen) atoms. The van der Waals surface area contributed by atoms with Gasteiger partial charge in [0.05, 0.1) is 43.5 Å². The van der Waals surface area contributed by atoms with E-state index >= 15 is 0 Å². The Morgan fingerprint density at radius 2 is 2.00 bits per heavy atom. The number of aromatic nitrogens is 1. The molecule has 0 spiro atoms. The van der Waals surface area contributed by atoms with Crippen LogP contribution in [-0.2, 0) is 10.9 Å². The van der Waals surface area contributed by atoms with Gasteiger partial charge in [0.1, 0.15) is 5.56 Å². The molecule has 0 aliphatic carbocycles. The number of esters is 1. The number of rotatable bonds is 4. The Kier molecular flexibility index (Phi) is 5.79. The first-order valence-corrected chi connectivity index (χ1v) is 9.44. The minimum Gasteiger partial charge on any atom is -0.462 e. The summed E-state index contributed by atoms with van der Waals surface area (Å²) in [7, 11) is 3.96. The second-order valence-corrected chi connectivity index (χ2v) is 7.24. The number of likely N-dealkylation sites (tertiary alicyclic amines) is 1. The lowest BCUT2D eigenvalue weighted by atomic mass is 9.99. The van der Waals surface area contributed by atoms with Gasteiger partial charge in [-0.25, -0.2) is 4.79 Å². The Morgan fingerprint density at radius 3 is 2.61 bits per heavy atom. The second kappa shape index (κ2) is 7.95. The highest BCUT2D eigenvalue weighted by Crippen LogP contribution is 2.38. The smallest absolute Gasteiger partial charge is 0.418 e. The maximum Gasteiger partial charge on any atom is 0.418 e. The molecule has 0 unspecified atom stereocenters. The molecule has 8 heteroatoms. The predicted octanol–water partition coefficient (Wildman–Crippen LogP) is 2.54. The van der Waals surface area contributed by atoms with Crippen LogP contribution in [0.15, 0.2) is 24.4 Å². The fourth-order valence-electron chi connectivity index (χ4n) is 3.84. The standard InChI is InChI=1S/C20H24F3N3O2/c1-4-28-19(27)15-12-24-17-14(6-5-7-16(17)20(21,22)23)18(15)26(3)13-8-10-25(2)11-9-13/h5-7,12-13H,4,8-11H2,1-3H3/p+1. The number of quaternary nitrogens is 1. The highest BCUT2D eigenvalue weighted by atomic mass is 19.4. The molecular weight excluding hydrogens is 371 g/mol. The number of fused-ring (bicyclic) bond motifs is 1. The van der Waals surface area contributed by atoms with Gasteiger partial charge in [0, 0.05) is 37.5 Å². The molecule has 152 valence electrons. The van der Waals surface area contributed by atoms with E-state index in [1.807, 2.05) is 11.9 Å². The highest BCUT2D eigenvalue weighted by molar-refractivity contribution is 6.06. The predicted molar refractivity (Wildman–Crippen MR) is 101 cm³/mol. The molecule has 0 amide bonds. The molecule has 0 radical (unpaired) electrons. The number of carbonyl (C=O) groups is 1. The average molecular weight is 396 g/mol. The topological polar surface area (TPSA) is 46.9 Å². The number of anilines is 1. The molecule has 3 rings (SSSR count). The minimum absolute atomic E-state index is 0.136. The Morgan fingerprint density at radius 1 is 1.32 bits per heavy atom. The normalized spacial score (nSPS) is 20.2. The third kappa shape index (κ3) is 3.92. The van der Waals surface area contributed by atoms with Gasteiger partial charge in [-0.05, 0) is 13.0 Å². The Labute approximate surface area is 162 Å². The maximum absolute atomic E-state index is 13.5. The number of nitrogens with zero attached hydrogens (tertiary/aromatic N) is 2. The fraction of sp³-hybridized carbons (Fsp3) is 0.500. The van der Waals surface area contributed by atoms with Crippen molar-refractivity contribution in [1.82, 2.24) is 4.98 Å². The maximum atomic E-state index is 13.5. The summed E-state index contributed by atoms with van der Waals surface area (Å²) in [4.78, 5) is 19.9. The van der Waals surface area contributed by atoms with Crippen LogP contribution in [0, 0.1) is 0 Å². The van der Waals surface area contributed by atoms with E-state index < -0.39 is 17.7 Å². The summed E-state index contributed by atoms with van der Waals surface area (Å²) in [6, 6.07) is 4.10. The molecule has 1 aliphatic heterocycles. The largest absolute Gasteiger partial charge is 0.462 e. The number of alkyl halides is 3. The van der Waals surface area contributed by atoms with Crippen molar-refractivity contribution in [2.75, 3.05) is 38.7 Å². The minimum atomic E-state index is -4.52. The number of carbonyl (C=O) groups excluding carboxylic acids is 1. The van der Waals surface area contributed by atoms with E-state index in [9.17, 15) is 18.0 Å². The molecule has 2 aromatic rings. The molecule has 1 N–H and O–H groups in total. The lowest BCUT2D eigenvalue weighted by Gasteiger charge is -2.36. The monoisotopic (exact) mass is 396 g/mol. The molecular formula is C20H25F3N3O2+. The molecule has 0 atom stereocenters. The molecule has 1 saturated heterocycles. The van der Waals surface area contributed by atoms with Gasteiger partial charge in [0.25, 0.3) is 0 Å². The summed E-state index contributed by atoms with van der Waals surface area (Å²) in [5, 5.41) is 0.314. The Balaban J connectivity index is 2.17. The van der Waals surface area contributed by atoms with E-state index in [2.05, 4.69) is 12.0 Å². The van der Waals surface area contributed by atoms with Crippen LogP contribution in [0.2, 0.25) is 0 Å². The average Bonchev–Trinajstić information content (AvgIpc) is 2.66. The van der Waals surface area contributed by atoms with Crippen molar-refractivity contribution < 1.29 is 27.6 Å². The van der Waals surface area contributed by atoms with E-state index in [0.717, 1.165) is 32.0 Å². The van der Waals surface area contributed by atoms with Crippen LogP contribution in [0.5, 0.6) is 0 Å². The van der Waals surface area contributed by atoms with Gasteiger partial charge in [-0.1, -0.05) is 12.1 Å². The first kappa shape index (κ1) is 20.4. The molecule has 1 aromatic heterocycles. The van der Waals surface area contributed by atoms with Crippen molar-refractivity contribution in [3.8, 4) is 0 Å². The molecule has 1 aliphatic rings. The summed E-state index contributed by atoms with van der Waals surface area (Å²) >= 11 is 0. The summed E-state index contributed by atoms with van der Waals surface area (Å²) in [5.74, 6) is -0.574. The van der Waals surface area contributed by atoms with Gasteiger partial charge in [0.2, 0.25) is 0 Å². The number of hydrogen-bond donors (Lipinski definition) is 1. The summed E-state index contributed by atoms with van der Waals surface area (Å²) in [6.45, 7) is 3.82. The summed E-state index contributed by atoms with van der Waals surface area (Å²) < 4.78 is 45.6. The highest BCUT2D eigenvalue weighted by Gasteiger charge is 2.35. The van der Waals surface area contributed by atoms with Crippen LogP contribution in [-0.4, -0.2) is 50.8 Å². The van der Waals surface area contributed by atoms with Crippen molar-refractivity contribution in [2.45, 2.75) is 32.0 Å². The number of nitrogens with one attached hydrogen (secondary N) is 1. The number of ether oxygens (including phenoxy) is 1.